The first kappa shape index (κ1) is 16.0. The summed E-state index contributed by atoms with van der Waals surface area (Å²) in [5.74, 6) is -0.0932. The van der Waals surface area contributed by atoms with Gasteiger partial charge in [-0.25, -0.2) is 4.79 Å². The molecule has 0 spiro atoms. The predicted octanol–water partition coefficient (Wildman–Crippen LogP) is 1.44. The molecule has 0 radical (unpaired) electrons. The van der Waals surface area contributed by atoms with Gasteiger partial charge >= 0.3 is 5.69 Å². The molecule has 3 rings (SSSR count). The van der Waals surface area contributed by atoms with E-state index in [-0.39, 0.29) is 18.1 Å². The average Bonchev–Trinajstić information content (AvgIpc) is 2.86. The highest BCUT2D eigenvalue weighted by Gasteiger charge is 2.15. The fraction of sp³-hybridized carbons (Fsp3) is 0.278. The van der Waals surface area contributed by atoms with Crippen LogP contribution in [0, 0.1) is 0 Å². The molecule has 0 aliphatic rings. The summed E-state index contributed by atoms with van der Waals surface area (Å²) in [5.41, 5.74) is 2.37. The minimum atomic E-state index is -0.178. The van der Waals surface area contributed by atoms with Gasteiger partial charge in [0.15, 0.2) is 0 Å². The number of aromatic nitrogens is 3. The van der Waals surface area contributed by atoms with Crippen LogP contribution in [0.1, 0.15) is 5.69 Å². The number of hydrogen-bond donors (Lipinski definition) is 0. The molecule has 2 aromatic heterocycles. The molecule has 6 heteroatoms. The summed E-state index contributed by atoms with van der Waals surface area (Å²) < 4.78 is 3.09. The zero-order valence-electron chi connectivity index (χ0n) is 13.8. The Morgan fingerprint density at radius 1 is 1.12 bits per heavy atom. The van der Waals surface area contributed by atoms with Crippen LogP contribution in [-0.2, 0) is 24.8 Å². The average molecular weight is 324 g/mol. The normalized spacial score (nSPS) is 10.9. The predicted molar refractivity (Wildman–Crippen MR) is 92.8 cm³/mol. The highest BCUT2D eigenvalue weighted by Crippen LogP contribution is 2.11. The number of aryl methyl sites for hydroxylation is 1. The summed E-state index contributed by atoms with van der Waals surface area (Å²) in [4.78, 5) is 30.7. The van der Waals surface area contributed by atoms with Crippen molar-refractivity contribution in [2.24, 2.45) is 7.05 Å². The molecule has 6 nitrogen and oxygen atoms in total. The van der Waals surface area contributed by atoms with Gasteiger partial charge in [-0.05, 0) is 24.3 Å². The third-order valence-corrected chi connectivity index (χ3v) is 4.20. The molecule has 2 heterocycles. The molecule has 1 aromatic carbocycles. The Hall–Kier alpha value is -2.89. The lowest BCUT2D eigenvalue weighted by atomic mass is 10.2. The Kier molecular flexibility index (Phi) is 4.46. The van der Waals surface area contributed by atoms with E-state index < -0.39 is 0 Å². The third-order valence-electron chi connectivity index (χ3n) is 4.20. The van der Waals surface area contributed by atoms with E-state index in [9.17, 15) is 9.59 Å². The third kappa shape index (κ3) is 3.08. The van der Waals surface area contributed by atoms with Crippen LogP contribution < -0.4 is 5.69 Å². The Morgan fingerprint density at radius 2 is 1.83 bits per heavy atom. The number of imidazole rings is 1. The van der Waals surface area contributed by atoms with Crippen molar-refractivity contribution < 1.29 is 4.79 Å². The smallest absolute Gasteiger partial charge is 0.329 e. The van der Waals surface area contributed by atoms with Crippen LogP contribution in [0.3, 0.4) is 0 Å². The highest BCUT2D eigenvalue weighted by molar-refractivity contribution is 5.80. The molecule has 0 fully saturated rings. The van der Waals surface area contributed by atoms with E-state index in [0.29, 0.717) is 13.0 Å². The minimum Gasteiger partial charge on any atom is -0.344 e. The number of fused-ring (bicyclic) bond motifs is 1. The van der Waals surface area contributed by atoms with Gasteiger partial charge in [0.25, 0.3) is 0 Å². The van der Waals surface area contributed by atoms with Gasteiger partial charge in [-0.3, -0.25) is 18.9 Å². The topological polar surface area (TPSA) is 60.1 Å². The molecule has 0 aliphatic carbocycles. The Bertz CT molecular complexity index is 912. The molecule has 124 valence electrons. The molecule has 0 N–H and O–H groups in total. The molecule has 1 amide bonds. The summed E-state index contributed by atoms with van der Waals surface area (Å²) in [6, 6.07) is 13.2. The van der Waals surface area contributed by atoms with Crippen LogP contribution in [0.4, 0.5) is 0 Å². The number of amides is 1. The van der Waals surface area contributed by atoms with Crippen molar-refractivity contribution in [3.63, 3.8) is 0 Å². The van der Waals surface area contributed by atoms with Crippen LogP contribution in [0.5, 0.6) is 0 Å². The zero-order chi connectivity index (χ0) is 17.1. The summed E-state index contributed by atoms with van der Waals surface area (Å²) in [7, 11) is 3.47. The molecule has 0 atom stereocenters. The first-order valence-corrected chi connectivity index (χ1v) is 7.86. The molecular weight excluding hydrogens is 304 g/mol. The van der Waals surface area contributed by atoms with Gasteiger partial charge in [0.2, 0.25) is 5.91 Å². The number of rotatable bonds is 5. The minimum absolute atomic E-state index is 0.0406. The molecular formula is C18H20N4O2. The summed E-state index contributed by atoms with van der Waals surface area (Å²) in [6.07, 6.45) is 2.43. The maximum atomic E-state index is 12.5. The Morgan fingerprint density at radius 3 is 2.54 bits per heavy atom. The molecule has 0 unspecified atom stereocenters. The molecule has 0 saturated carbocycles. The van der Waals surface area contributed by atoms with Gasteiger partial charge < -0.3 is 4.90 Å². The van der Waals surface area contributed by atoms with Gasteiger partial charge in [-0.1, -0.05) is 18.2 Å². The lowest BCUT2D eigenvalue weighted by molar-refractivity contribution is -0.130. The quantitative estimate of drug-likeness (QED) is 0.713. The first-order valence-electron chi connectivity index (χ1n) is 7.86. The van der Waals surface area contributed by atoms with Crippen LogP contribution in [0.25, 0.3) is 11.0 Å². The van der Waals surface area contributed by atoms with Crippen molar-refractivity contribution in [2.75, 3.05) is 13.6 Å². The second-order valence-corrected chi connectivity index (χ2v) is 5.80. The van der Waals surface area contributed by atoms with E-state index in [4.69, 9.17) is 0 Å². The van der Waals surface area contributed by atoms with Crippen LogP contribution in [0.15, 0.2) is 53.5 Å². The second kappa shape index (κ2) is 6.70. The van der Waals surface area contributed by atoms with Gasteiger partial charge in [0.1, 0.15) is 6.54 Å². The number of nitrogens with zero attached hydrogens (tertiary/aromatic N) is 4. The number of para-hydroxylation sites is 2. The van der Waals surface area contributed by atoms with Crippen LogP contribution in [-0.4, -0.2) is 38.5 Å². The van der Waals surface area contributed by atoms with Crippen molar-refractivity contribution >= 4 is 16.9 Å². The second-order valence-electron chi connectivity index (χ2n) is 5.80. The van der Waals surface area contributed by atoms with Crippen molar-refractivity contribution in [1.29, 1.82) is 0 Å². The molecule has 0 aliphatic heterocycles. The summed E-state index contributed by atoms with van der Waals surface area (Å²) >= 11 is 0. The number of carbonyl (C=O) groups is 1. The number of likely N-dealkylation sites (N-methyl/N-ethyl adjacent to an activating group) is 1. The fourth-order valence-electron chi connectivity index (χ4n) is 2.72. The van der Waals surface area contributed by atoms with Gasteiger partial charge in [0, 0.05) is 39.0 Å². The lowest BCUT2D eigenvalue weighted by Gasteiger charge is -2.17. The lowest BCUT2D eigenvalue weighted by Crippen LogP contribution is -2.35. The largest absolute Gasteiger partial charge is 0.344 e. The summed E-state index contributed by atoms with van der Waals surface area (Å²) in [5, 5.41) is 0. The number of pyridine rings is 1. The van der Waals surface area contributed by atoms with E-state index in [1.165, 1.54) is 4.57 Å². The van der Waals surface area contributed by atoms with E-state index in [0.717, 1.165) is 16.7 Å². The number of hydrogen-bond acceptors (Lipinski definition) is 3. The number of carbonyl (C=O) groups excluding carboxylic acids is 1. The molecule has 0 saturated heterocycles. The van der Waals surface area contributed by atoms with Gasteiger partial charge in [-0.2, -0.15) is 0 Å². The van der Waals surface area contributed by atoms with E-state index in [1.807, 2.05) is 42.5 Å². The van der Waals surface area contributed by atoms with E-state index in [2.05, 4.69) is 4.98 Å². The maximum absolute atomic E-state index is 12.5. The van der Waals surface area contributed by atoms with Crippen LogP contribution >= 0.6 is 0 Å². The monoisotopic (exact) mass is 324 g/mol. The van der Waals surface area contributed by atoms with Gasteiger partial charge in [-0.15, -0.1) is 0 Å². The van der Waals surface area contributed by atoms with Crippen molar-refractivity contribution in [3.8, 4) is 0 Å². The van der Waals surface area contributed by atoms with Crippen molar-refractivity contribution in [3.05, 3.63) is 64.8 Å². The standard InChI is InChI=1S/C18H20N4O2/c1-20(12-10-14-7-5-6-11-19-14)17(23)13-22-16-9-4-3-8-15(16)21(2)18(22)24/h3-9,11H,10,12-13H2,1-2H3. The Balaban J connectivity index is 1.73. The Labute approximate surface area is 140 Å². The molecule has 24 heavy (non-hydrogen) atoms. The fourth-order valence-corrected chi connectivity index (χ4v) is 2.72. The SMILES string of the molecule is CN(CCc1ccccn1)C(=O)Cn1c(=O)n(C)c2ccccc21. The van der Waals surface area contributed by atoms with E-state index >= 15 is 0 Å². The molecule has 3 aromatic rings. The van der Waals surface area contributed by atoms with Crippen LogP contribution in [0.2, 0.25) is 0 Å². The van der Waals surface area contributed by atoms with E-state index in [1.54, 1.807) is 29.8 Å². The summed E-state index contributed by atoms with van der Waals surface area (Å²) in [6.45, 7) is 0.605. The number of benzene rings is 1. The highest BCUT2D eigenvalue weighted by atomic mass is 16.2. The van der Waals surface area contributed by atoms with Gasteiger partial charge in [0.05, 0.1) is 11.0 Å². The van der Waals surface area contributed by atoms with Crippen molar-refractivity contribution in [2.45, 2.75) is 13.0 Å². The van der Waals surface area contributed by atoms with Crippen molar-refractivity contribution in [1.82, 2.24) is 19.0 Å². The first-order chi connectivity index (χ1) is 11.6. The zero-order valence-corrected chi connectivity index (χ0v) is 13.8. The maximum Gasteiger partial charge on any atom is 0.329 e. The molecule has 0 bridgehead atoms.